The van der Waals surface area contributed by atoms with Crippen molar-refractivity contribution < 1.29 is 5.11 Å². The normalized spacial score (nSPS) is 12.4. The number of halogens is 1. The van der Waals surface area contributed by atoms with E-state index in [4.69, 9.17) is 0 Å². The van der Waals surface area contributed by atoms with Gasteiger partial charge in [-0.1, -0.05) is 30.3 Å². The SMILES string of the molecule is CCNC(=NCC(CO)c1ccccc1)NCCc1ncc(C)s1.I. The van der Waals surface area contributed by atoms with E-state index in [0.29, 0.717) is 6.54 Å². The number of aryl methyl sites for hydroxylation is 1. The number of hydrogen-bond donors (Lipinski definition) is 3. The monoisotopic (exact) mass is 474 g/mol. The Morgan fingerprint density at radius 1 is 1.28 bits per heavy atom. The van der Waals surface area contributed by atoms with Crippen LogP contribution in [0.4, 0.5) is 0 Å². The summed E-state index contributed by atoms with van der Waals surface area (Å²) in [5, 5.41) is 17.3. The molecular formula is C18H27IN4OS. The fourth-order valence-corrected chi connectivity index (χ4v) is 3.13. The molecule has 25 heavy (non-hydrogen) atoms. The molecule has 0 aliphatic carbocycles. The average molecular weight is 474 g/mol. The van der Waals surface area contributed by atoms with Gasteiger partial charge in [0, 0.05) is 36.5 Å². The molecule has 7 heteroatoms. The fourth-order valence-electron chi connectivity index (χ4n) is 2.34. The van der Waals surface area contributed by atoms with E-state index in [-0.39, 0.29) is 36.5 Å². The van der Waals surface area contributed by atoms with E-state index in [1.54, 1.807) is 11.3 Å². The number of aromatic nitrogens is 1. The van der Waals surface area contributed by atoms with Gasteiger partial charge in [-0.3, -0.25) is 4.99 Å². The molecule has 0 saturated heterocycles. The molecule has 0 saturated carbocycles. The molecule has 0 aliphatic rings. The molecule has 3 N–H and O–H groups in total. The van der Waals surface area contributed by atoms with E-state index in [9.17, 15) is 5.11 Å². The van der Waals surface area contributed by atoms with Crippen molar-refractivity contribution in [3.05, 3.63) is 52.0 Å². The van der Waals surface area contributed by atoms with Crippen LogP contribution in [-0.2, 0) is 6.42 Å². The lowest BCUT2D eigenvalue weighted by molar-refractivity contribution is 0.268. The van der Waals surface area contributed by atoms with Crippen LogP contribution >= 0.6 is 35.3 Å². The van der Waals surface area contributed by atoms with Gasteiger partial charge in [-0.15, -0.1) is 35.3 Å². The Bertz CT molecular complexity index is 633. The lowest BCUT2D eigenvalue weighted by Gasteiger charge is -2.15. The number of aliphatic imine (C=N–C) groups is 1. The van der Waals surface area contributed by atoms with Crippen molar-refractivity contribution in [2.45, 2.75) is 26.2 Å². The van der Waals surface area contributed by atoms with Gasteiger partial charge in [0.05, 0.1) is 18.2 Å². The molecule has 2 rings (SSSR count). The van der Waals surface area contributed by atoms with Crippen molar-refractivity contribution in [1.29, 1.82) is 0 Å². The zero-order valence-electron chi connectivity index (χ0n) is 14.7. The molecule has 0 spiro atoms. The van der Waals surface area contributed by atoms with Gasteiger partial charge in [-0.05, 0) is 19.4 Å². The smallest absolute Gasteiger partial charge is 0.191 e. The minimum Gasteiger partial charge on any atom is -0.396 e. The number of rotatable bonds is 8. The standard InChI is InChI=1S/C18H26N4OS.HI/c1-3-19-18(20-10-9-17-21-11-14(2)24-17)22-12-16(13-23)15-7-5-4-6-8-15;/h4-8,11,16,23H,3,9-10,12-13H2,1-2H3,(H2,19,20,22);1H. The maximum absolute atomic E-state index is 9.63. The quantitative estimate of drug-likeness (QED) is 0.313. The summed E-state index contributed by atoms with van der Waals surface area (Å²) < 4.78 is 0. The second kappa shape index (κ2) is 12.2. The molecule has 0 amide bonds. The van der Waals surface area contributed by atoms with E-state index in [1.165, 1.54) is 4.88 Å². The summed E-state index contributed by atoms with van der Waals surface area (Å²) in [5.41, 5.74) is 1.11. The topological polar surface area (TPSA) is 69.5 Å². The minimum atomic E-state index is 0. The first-order valence-electron chi connectivity index (χ1n) is 8.32. The van der Waals surface area contributed by atoms with Gasteiger partial charge in [0.1, 0.15) is 0 Å². The van der Waals surface area contributed by atoms with Crippen molar-refractivity contribution in [2.75, 3.05) is 26.2 Å². The molecule has 1 atom stereocenters. The highest BCUT2D eigenvalue weighted by atomic mass is 127. The van der Waals surface area contributed by atoms with Crippen LogP contribution in [0.1, 0.15) is 28.3 Å². The largest absolute Gasteiger partial charge is 0.396 e. The molecule has 5 nitrogen and oxygen atoms in total. The highest BCUT2D eigenvalue weighted by Gasteiger charge is 2.10. The number of nitrogens with zero attached hydrogens (tertiary/aromatic N) is 2. The van der Waals surface area contributed by atoms with Crippen LogP contribution in [0.3, 0.4) is 0 Å². The predicted octanol–water partition coefficient (Wildman–Crippen LogP) is 2.94. The van der Waals surface area contributed by atoms with E-state index in [0.717, 1.165) is 36.0 Å². The number of guanidine groups is 1. The van der Waals surface area contributed by atoms with Gasteiger partial charge in [0.2, 0.25) is 0 Å². The number of hydrogen-bond acceptors (Lipinski definition) is 4. The Kier molecular flexibility index (Phi) is 10.7. The Labute approximate surface area is 171 Å². The molecule has 1 unspecified atom stereocenters. The fraction of sp³-hybridized carbons (Fsp3) is 0.444. The number of thiazole rings is 1. The van der Waals surface area contributed by atoms with Gasteiger partial charge in [-0.2, -0.15) is 0 Å². The summed E-state index contributed by atoms with van der Waals surface area (Å²) in [4.78, 5) is 10.2. The maximum Gasteiger partial charge on any atom is 0.191 e. The average Bonchev–Trinajstić information content (AvgIpc) is 3.01. The van der Waals surface area contributed by atoms with Gasteiger partial charge >= 0.3 is 0 Å². The number of nitrogens with one attached hydrogen (secondary N) is 2. The lowest BCUT2D eigenvalue weighted by Crippen LogP contribution is -2.38. The van der Waals surface area contributed by atoms with E-state index in [2.05, 4.69) is 27.5 Å². The molecule has 0 bridgehead atoms. The van der Waals surface area contributed by atoms with Crippen molar-refractivity contribution in [1.82, 2.24) is 15.6 Å². The second-order valence-electron chi connectivity index (χ2n) is 5.55. The van der Waals surface area contributed by atoms with Gasteiger partial charge in [0.25, 0.3) is 0 Å². The summed E-state index contributed by atoms with van der Waals surface area (Å²) in [6.45, 7) is 6.34. The van der Waals surface area contributed by atoms with Crippen LogP contribution < -0.4 is 10.6 Å². The van der Waals surface area contributed by atoms with Crippen LogP contribution in [0.25, 0.3) is 0 Å². The first-order valence-corrected chi connectivity index (χ1v) is 9.13. The summed E-state index contributed by atoms with van der Waals surface area (Å²) in [7, 11) is 0. The number of benzene rings is 1. The molecule has 0 fully saturated rings. The zero-order chi connectivity index (χ0) is 17.2. The van der Waals surface area contributed by atoms with Crippen LogP contribution in [0.15, 0.2) is 41.5 Å². The summed E-state index contributed by atoms with van der Waals surface area (Å²) in [6, 6.07) is 10.0. The third-order valence-corrected chi connectivity index (χ3v) is 4.58. The van der Waals surface area contributed by atoms with Crippen molar-refractivity contribution in [3.8, 4) is 0 Å². The van der Waals surface area contributed by atoms with Crippen molar-refractivity contribution in [3.63, 3.8) is 0 Å². The molecule has 1 aromatic carbocycles. The van der Waals surface area contributed by atoms with Gasteiger partial charge in [-0.25, -0.2) is 4.98 Å². The maximum atomic E-state index is 9.63. The number of aliphatic hydroxyl groups excluding tert-OH is 1. The van der Waals surface area contributed by atoms with Crippen LogP contribution in [0.2, 0.25) is 0 Å². The first kappa shape index (κ1) is 21.9. The Balaban J connectivity index is 0.00000312. The summed E-state index contributed by atoms with van der Waals surface area (Å²) >= 11 is 1.73. The van der Waals surface area contributed by atoms with Crippen LogP contribution in [0, 0.1) is 6.92 Å². The molecule has 1 aromatic heterocycles. The van der Waals surface area contributed by atoms with Crippen LogP contribution in [-0.4, -0.2) is 42.3 Å². The Hall–Kier alpha value is -1.19. The van der Waals surface area contributed by atoms with E-state index >= 15 is 0 Å². The molecule has 0 aliphatic heterocycles. The molecule has 0 radical (unpaired) electrons. The second-order valence-corrected chi connectivity index (χ2v) is 6.87. The van der Waals surface area contributed by atoms with Crippen molar-refractivity contribution in [2.24, 2.45) is 4.99 Å². The molecular weight excluding hydrogens is 447 g/mol. The lowest BCUT2D eigenvalue weighted by atomic mass is 10.0. The predicted molar refractivity (Wildman–Crippen MR) is 116 cm³/mol. The Morgan fingerprint density at radius 2 is 2.04 bits per heavy atom. The first-order chi connectivity index (χ1) is 11.7. The van der Waals surface area contributed by atoms with Crippen LogP contribution in [0.5, 0.6) is 0 Å². The molecule has 1 heterocycles. The third kappa shape index (κ3) is 7.70. The van der Waals surface area contributed by atoms with Gasteiger partial charge < -0.3 is 15.7 Å². The van der Waals surface area contributed by atoms with E-state index < -0.39 is 0 Å². The van der Waals surface area contributed by atoms with Gasteiger partial charge in [0.15, 0.2) is 5.96 Å². The molecule has 138 valence electrons. The molecule has 2 aromatic rings. The Morgan fingerprint density at radius 3 is 2.64 bits per heavy atom. The minimum absolute atomic E-state index is 0. The highest BCUT2D eigenvalue weighted by molar-refractivity contribution is 14.0. The highest BCUT2D eigenvalue weighted by Crippen LogP contribution is 2.15. The van der Waals surface area contributed by atoms with Crippen molar-refractivity contribution >= 4 is 41.3 Å². The summed E-state index contributed by atoms with van der Waals surface area (Å²) in [6.07, 6.45) is 2.79. The summed E-state index contributed by atoms with van der Waals surface area (Å²) in [5.74, 6) is 0.795. The zero-order valence-corrected chi connectivity index (χ0v) is 17.9. The van der Waals surface area contributed by atoms with E-state index in [1.807, 2.05) is 43.5 Å². The number of aliphatic hydroxyl groups is 1. The third-order valence-electron chi connectivity index (χ3n) is 3.61.